The summed E-state index contributed by atoms with van der Waals surface area (Å²) in [5.41, 5.74) is 1.63. The van der Waals surface area contributed by atoms with Crippen molar-refractivity contribution in [1.82, 2.24) is 10.3 Å². The summed E-state index contributed by atoms with van der Waals surface area (Å²) in [7, 11) is 1.89. The van der Waals surface area contributed by atoms with Gasteiger partial charge in [-0.2, -0.15) is 0 Å². The van der Waals surface area contributed by atoms with E-state index in [0.29, 0.717) is 23.7 Å². The molecule has 0 fully saturated rings. The van der Waals surface area contributed by atoms with Gasteiger partial charge in [0.1, 0.15) is 11.6 Å². The smallest absolute Gasteiger partial charge is 0.128 e. The first-order chi connectivity index (χ1) is 10.1. The van der Waals surface area contributed by atoms with Gasteiger partial charge in [-0.25, -0.2) is 9.37 Å². The molecule has 0 aliphatic heterocycles. The minimum atomic E-state index is -0.203. The van der Waals surface area contributed by atoms with E-state index in [1.807, 2.05) is 31.0 Å². The third-order valence-electron chi connectivity index (χ3n) is 3.24. The summed E-state index contributed by atoms with van der Waals surface area (Å²) in [6, 6.07) is 8.70. The van der Waals surface area contributed by atoms with Crippen molar-refractivity contribution in [2.24, 2.45) is 0 Å². The molecule has 1 aromatic carbocycles. The molecular formula is C16H19ClFN3. The molecule has 1 aromatic heterocycles. The molecule has 2 aromatic rings. The SMILES string of the molecule is CCNCc1cc(N(C)Cc2ccccc2F)ncc1Cl. The largest absolute Gasteiger partial charge is 0.355 e. The second-order valence-corrected chi connectivity index (χ2v) is 5.27. The number of pyridine rings is 1. The number of hydrogen-bond acceptors (Lipinski definition) is 3. The van der Waals surface area contributed by atoms with Crippen LogP contribution in [-0.2, 0) is 13.1 Å². The molecule has 0 unspecified atom stereocenters. The second kappa shape index (κ2) is 7.38. The average Bonchev–Trinajstić information content (AvgIpc) is 2.48. The first-order valence-electron chi connectivity index (χ1n) is 6.91. The highest BCUT2D eigenvalue weighted by molar-refractivity contribution is 6.31. The molecule has 0 atom stereocenters. The number of rotatable bonds is 6. The maximum Gasteiger partial charge on any atom is 0.128 e. The summed E-state index contributed by atoms with van der Waals surface area (Å²) in [5, 5.41) is 3.88. The van der Waals surface area contributed by atoms with E-state index < -0.39 is 0 Å². The lowest BCUT2D eigenvalue weighted by molar-refractivity contribution is 0.607. The minimum absolute atomic E-state index is 0.203. The molecule has 2 rings (SSSR count). The van der Waals surface area contributed by atoms with E-state index >= 15 is 0 Å². The van der Waals surface area contributed by atoms with Gasteiger partial charge in [0, 0.05) is 31.9 Å². The highest BCUT2D eigenvalue weighted by Crippen LogP contribution is 2.21. The van der Waals surface area contributed by atoms with Crippen molar-refractivity contribution in [3.8, 4) is 0 Å². The second-order valence-electron chi connectivity index (χ2n) is 4.86. The fraction of sp³-hybridized carbons (Fsp3) is 0.312. The topological polar surface area (TPSA) is 28.2 Å². The Morgan fingerprint density at radius 2 is 2.05 bits per heavy atom. The molecule has 0 saturated heterocycles. The number of nitrogens with zero attached hydrogens (tertiary/aromatic N) is 2. The van der Waals surface area contributed by atoms with E-state index in [-0.39, 0.29) is 5.82 Å². The molecule has 3 nitrogen and oxygen atoms in total. The van der Waals surface area contributed by atoms with Gasteiger partial charge < -0.3 is 10.2 Å². The molecule has 21 heavy (non-hydrogen) atoms. The van der Waals surface area contributed by atoms with Gasteiger partial charge in [-0.05, 0) is 24.2 Å². The summed E-state index contributed by atoms with van der Waals surface area (Å²) in [5.74, 6) is 0.571. The van der Waals surface area contributed by atoms with Crippen molar-refractivity contribution in [1.29, 1.82) is 0 Å². The fourth-order valence-corrected chi connectivity index (χ4v) is 2.20. The maximum absolute atomic E-state index is 13.7. The van der Waals surface area contributed by atoms with Gasteiger partial charge in [0.2, 0.25) is 0 Å². The van der Waals surface area contributed by atoms with E-state index in [1.165, 1.54) is 6.07 Å². The summed E-state index contributed by atoms with van der Waals surface area (Å²) in [6.45, 7) is 4.07. The monoisotopic (exact) mass is 307 g/mol. The number of halogens is 2. The van der Waals surface area contributed by atoms with Crippen LogP contribution in [-0.4, -0.2) is 18.6 Å². The predicted octanol–water partition coefficient (Wildman–Crippen LogP) is 3.62. The van der Waals surface area contributed by atoms with Crippen LogP contribution < -0.4 is 10.2 Å². The molecule has 0 aliphatic rings. The van der Waals surface area contributed by atoms with Gasteiger partial charge in [0.05, 0.1) is 5.02 Å². The van der Waals surface area contributed by atoms with Crippen LogP contribution in [0.15, 0.2) is 36.5 Å². The first kappa shape index (κ1) is 15.7. The molecule has 0 amide bonds. The zero-order valence-corrected chi connectivity index (χ0v) is 13.0. The summed E-state index contributed by atoms with van der Waals surface area (Å²) in [6.07, 6.45) is 1.64. The lowest BCUT2D eigenvalue weighted by Gasteiger charge is -2.19. The Kier molecular flexibility index (Phi) is 5.53. The van der Waals surface area contributed by atoms with Crippen molar-refractivity contribution in [3.05, 3.63) is 58.5 Å². The van der Waals surface area contributed by atoms with Crippen LogP contribution in [0.1, 0.15) is 18.1 Å². The van der Waals surface area contributed by atoms with Crippen LogP contribution in [0.4, 0.5) is 10.2 Å². The van der Waals surface area contributed by atoms with E-state index in [2.05, 4.69) is 10.3 Å². The van der Waals surface area contributed by atoms with Gasteiger partial charge in [0.15, 0.2) is 0 Å². The normalized spacial score (nSPS) is 10.7. The molecule has 0 aliphatic carbocycles. The van der Waals surface area contributed by atoms with Gasteiger partial charge in [-0.1, -0.05) is 36.7 Å². The van der Waals surface area contributed by atoms with Crippen LogP contribution in [0.3, 0.4) is 0 Å². The zero-order valence-electron chi connectivity index (χ0n) is 12.2. The molecule has 1 heterocycles. The highest BCUT2D eigenvalue weighted by atomic mass is 35.5. The van der Waals surface area contributed by atoms with Crippen molar-refractivity contribution in [2.45, 2.75) is 20.0 Å². The molecule has 0 radical (unpaired) electrons. The van der Waals surface area contributed by atoms with Crippen molar-refractivity contribution < 1.29 is 4.39 Å². The lowest BCUT2D eigenvalue weighted by atomic mass is 10.2. The van der Waals surface area contributed by atoms with E-state index in [9.17, 15) is 4.39 Å². The number of nitrogens with one attached hydrogen (secondary N) is 1. The van der Waals surface area contributed by atoms with Crippen LogP contribution in [0.5, 0.6) is 0 Å². The Morgan fingerprint density at radius 3 is 2.76 bits per heavy atom. The van der Waals surface area contributed by atoms with Crippen LogP contribution >= 0.6 is 11.6 Å². The van der Waals surface area contributed by atoms with Gasteiger partial charge in [-0.15, -0.1) is 0 Å². The minimum Gasteiger partial charge on any atom is -0.355 e. The molecule has 0 bridgehead atoms. The third kappa shape index (κ3) is 4.16. The molecule has 0 spiro atoms. The Bertz CT molecular complexity index is 604. The van der Waals surface area contributed by atoms with E-state index in [4.69, 9.17) is 11.6 Å². The number of anilines is 1. The number of benzene rings is 1. The standard InChI is InChI=1S/C16H19ClFN3/c1-3-19-9-13-8-16(20-10-14(13)17)21(2)11-12-6-4-5-7-15(12)18/h4-8,10,19H,3,9,11H2,1-2H3. The number of aromatic nitrogens is 1. The van der Waals surface area contributed by atoms with E-state index in [1.54, 1.807) is 18.3 Å². The highest BCUT2D eigenvalue weighted by Gasteiger charge is 2.09. The van der Waals surface area contributed by atoms with Crippen LogP contribution in [0, 0.1) is 5.82 Å². The Morgan fingerprint density at radius 1 is 1.29 bits per heavy atom. The Balaban J connectivity index is 2.15. The predicted molar refractivity (Wildman–Crippen MR) is 85.1 cm³/mol. The maximum atomic E-state index is 13.7. The lowest BCUT2D eigenvalue weighted by Crippen LogP contribution is -2.19. The molecule has 112 valence electrons. The summed E-state index contributed by atoms with van der Waals surface area (Å²) >= 11 is 6.14. The van der Waals surface area contributed by atoms with Crippen molar-refractivity contribution in [3.63, 3.8) is 0 Å². The van der Waals surface area contributed by atoms with Gasteiger partial charge in [0.25, 0.3) is 0 Å². The zero-order chi connectivity index (χ0) is 15.2. The molecule has 0 saturated carbocycles. The molecular weight excluding hydrogens is 289 g/mol. The molecule has 5 heteroatoms. The van der Waals surface area contributed by atoms with Crippen molar-refractivity contribution >= 4 is 17.4 Å². The van der Waals surface area contributed by atoms with Crippen LogP contribution in [0.2, 0.25) is 5.02 Å². The fourth-order valence-electron chi connectivity index (χ4n) is 2.03. The van der Waals surface area contributed by atoms with Crippen LogP contribution in [0.25, 0.3) is 0 Å². The number of hydrogen-bond donors (Lipinski definition) is 1. The van der Waals surface area contributed by atoms with E-state index in [0.717, 1.165) is 17.9 Å². The Labute approximate surface area is 129 Å². The van der Waals surface area contributed by atoms with Gasteiger partial charge >= 0.3 is 0 Å². The van der Waals surface area contributed by atoms with Gasteiger partial charge in [-0.3, -0.25) is 0 Å². The molecule has 1 N–H and O–H groups in total. The average molecular weight is 308 g/mol. The Hall–Kier alpha value is -1.65. The third-order valence-corrected chi connectivity index (χ3v) is 3.58. The first-order valence-corrected chi connectivity index (χ1v) is 7.29. The summed E-state index contributed by atoms with van der Waals surface area (Å²) < 4.78 is 13.7. The quantitative estimate of drug-likeness (QED) is 0.883. The van der Waals surface area contributed by atoms with Crippen molar-refractivity contribution in [2.75, 3.05) is 18.5 Å². The summed E-state index contributed by atoms with van der Waals surface area (Å²) in [4.78, 5) is 6.22.